The van der Waals surface area contributed by atoms with Crippen LogP contribution in [0.15, 0.2) is 78.9 Å². The quantitative estimate of drug-likeness (QED) is 0.134. The second-order valence-corrected chi connectivity index (χ2v) is 11.7. The van der Waals surface area contributed by atoms with Crippen LogP contribution in [0.25, 0.3) is 21.5 Å². The molecule has 1 spiro atoms. The number of carbonyl (C=O) groups is 6. The Labute approximate surface area is 276 Å². The van der Waals surface area contributed by atoms with Crippen LogP contribution in [0.1, 0.15) is 64.1 Å². The molecule has 1 fully saturated rings. The van der Waals surface area contributed by atoms with E-state index in [1.807, 2.05) is 0 Å². The Balaban J connectivity index is 1.41. The van der Waals surface area contributed by atoms with Gasteiger partial charge in [-0.3, -0.25) is 19.2 Å². The van der Waals surface area contributed by atoms with Crippen LogP contribution in [0, 0.1) is 0 Å². The fourth-order valence-electron chi connectivity index (χ4n) is 6.81. The van der Waals surface area contributed by atoms with Crippen LogP contribution in [0.4, 0.5) is 0 Å². The van der Waals surface area contributed by atoms with Crippen molar-refractivity contribution in [3.05, 3.63) is 107 Å². The molecule has 0 bridgehead atoms. The first-order chi connectivity index (χ1) is 23.6. The Bertz CT molecular complexity index is 2260. The monoisotopic (exact) mass is 657 g/mol. The number of rotatable bonds is 4. The Kier molecular flexibility index (Phi) is 6.53. The molecule has 8 rings (SSSR count). The maximum absolute atomic E-state index is 14.0. The predicted octanol–water partition coefficient (Wildman–Crippen LogP) is 5.63. The van der Waals surface area contributed by atoms with Crippen LogP contribution in [-0.4, -0.2) is 40.8 Å². The third-order valence-electron chi connectivity index (χ3n) is 8.65. The van der Waals surface area contributed by atoms with Crippen molar-refractivity contribution < 1.29 is 52.6 Å². The van der Waals surface area contributed by atoms with Crippen LogP contribution < -0.4 is 14.2 Å². The SMILES string of the molecule is CC(=O)Oc1cc2c(c3ccccc13)C1(OC(=O)c3cc(C(=O)ON4C(=O)CCC4=O)ccc31)c1c(cc(OC(C)=O)c3ccccc13)O2. The zero-order valence-corrected chi connectivity index (χ0v) is 25.9. The molecule has 3 aliphatic rings. The fraction of sp³-hybridized carbons (Fsp3) is 0.135. The van der Waals surface area contributed by atoms with E-state index in [0.717, 1.165) is 0 Å². The van der Waals surface area contributed by atoms with Crippen molar-refractivity contribution >= 4 is 57.2 Å². The van der Waals surface area contributed by atoms with Gasteiger partial charge < -0.3 is 23.8 Å². The van der Waals surface area contributed by atoms with Crippen LogP contribution in [0.5, 0.6) is 23.0 Å². The van der Waals surface area contributed by atoms with E-state index in [2.05, 4.69) is 0 Å². The summed E-state index contributed by atoms with van der Waals surface area (Å²) in [6, 6.07) is 21.5. The molecule has 12 heteroatoms. The molecule has 0 unspecified atom stereocenters. The molecule has 5 aromatic rings. The average molecular weight is 658 g/mol. The fourth-order valence-corrected chi connectivity index (χ4v) is 6.81. The van der Waals surface area contributed by atoms with Gasteiger partial charge in [-0.1, -0.05) is 54.6 Å². The van der Waals surface area contributed by atoms with Gasteiger partial charge in [0.05, 0.1) is 22.3 Å². The number of hydrogen-bond donors (Lipinski definition) is 0. The maximum atomic E-state index is 14.0. The van der Waals surface area contributed by atoms with Crippen molar-refractivity contribution in [2.24, 2.45) is 0 Å². The van der Waals surface area contributed by atoms with Crippen molar-refractivity contribution in [3.63, 3.8) is 0 Å². The van der Waals surface area contributed by atoms with Gasteiger partial charge >= 0.3 is 23.9 Å². The first-order valence-electron chi connectivity index (χ1n) is 15.2. The number of ether oxygens (including phenoxy) is 4. The highest BCUT2D eigenvalue weighted by Gasteiger charge is 2.56. The van der Waals surface area contributed by atoms with E-state index in [9.17, 15) is 28.8 Å². The van der Waals surface area contributed by atoms with Crippen LogP contribution in [0.2, 0.25) is 0 Å². The molecule has 0 saturated carbocycles. The minimum atomic E-state index is -1.69. The van der Waals surface area contributed by atoms with Crippen molar-refractivity contribution in [1.82, 2.24) is 5.06 Å². The molecule has 5 aromatic carbocycles. The molecule has 0 aliphatic carbocycles. The Morgan fingerprint density at radius 3 is 1.71 bits per heavy atom. The van der Waals surface area contributed by atoms with Gasteiger partial charge in [0.2, 0.25) is 0 Å². The molecule has 2 amide bonds. The summed E-state index contributed by atoms with van der Waals surface area (Å²) in [4.78, 5) is 80.7. The number of carbonyl (C=O) groups excluding carboxylic acids is 6. The van der Waals surface area contributed by atoms with Gasteiger partial charge in [-0.2, -0.15) is 0 Å². The Morgan fingerprint density at radius 2 is 1.20 bits per heavy atom. The first-order valence-corrected chi connectivity index (χ1v) is 15.2. The molecule has 242 valence electrons. The number of hydroxylamine groups is 2. The standard InChI is InChI=1S/C37H23NO11/c1-18(39)45-27-16-29-33(23-9-5-3-7-21(23)27)37(34-24-10-6-4-8-22(24)28(46-19(2)40)17-30(34)47-29)26-12-11-20(15-25(26)36(44)48-37)35(43)49-38-31(41)13-14-32(38)42/h3-12,15-17H,13-14H2,1-2H3. The van der Waals surface area contributed by atoms with Crippen LogP contribution in [-0.2, 0) is 34.4 Å². The van der Waals surface area contributed by atoms with E-state index in [4.69, 9.17) is 23.8 Å². The lowest BCUT2D eigenvalue weighted by Gasteiger charge is -2.38. The third-order valence-corrected chi connectivity index (χ3v) is 8.65. The van der Waals surface area contributed by atoms with E-state index in [0.29, 0.717) is 43.3 Å². The highest BCUT2D eigenvalue weighted by atomic mass is 16.7. The van der Waals surface area contributed by atoms with E-state index in [1.165, 1.54) is 38.1 Å². The summed E-state index contributed by atoms with van der Waals surface area (Å²) in [5.41, 5.74) is -0.572. The molecule has 3 aliphatic heterocycles. The van der Waals surface area contributed by atoms with Gasteiger partial charge in [0.25, 0.3) is 11.8 Å². The highest BCUT2D eigenvalue weighted by molar-refractivity contribution is 6.07. The molecule has 49 heavy (non-hydrogen) atoms. The molecular weight excluding hydrogens is 634 g/mol. The van der Waals surface area contributed by atoms with E-state index in [1.54, 1.807) is 54.6 Å². The smallest absolute Gasteiger partial charge is 0.363 e. The molecule has 0 radical (unpaired) electrons. The van der Waals surface area contributed by atoms with E-state index < -0.39 is 41.3 Å². The number of benzene rings is 5. The zero-order chi connectivity index (χ0) is 34.2. The first kappa shape index (κ1) is 29.8. The average Bonchev–Trinajstić information content (AvgIpc) is 3.54. The molecule has 12 nitrogen and oxygen atoms in total. The minimum Gasteiger partial charge on any atom is -0.456 e. The number of imide groups is 1. The highest BCUT2D eigenvalue weighted by Crippen LogP contribution is 2.61. The summed E-state index contributed by atoms with van der Waals surface area (Å²) < 4.78 is 24.1. The molecule has 0 atom stereocenters. The summed E-state index contributed by atoms with van der Waals surface area (Å²) in [7, 11) is 0. The lowest BCUT2D eigenvalue weighted by Crippen LogP contribution is -2.34. The van der Waals surface area contributed by atoms with Gasteiger partial charge in [-0.25, -0.2) is 9.59 Å². The number of fused-ring (bicyclic) bond motifs is 10. The van der Waals surface area contributed by atoms with Crippen molar-refractivity contribution in [2.75, 3.05) is 0 Å². The second-order valence-electron chi connectivity index (χ2n) is 11.7. The summed E-state index contributed by atoms with van der Waals surface area (Å²) in [5.74, 6) is -3.41. The van der Waals surface area contributed by atoms with E-state index >= 15 is 0 Å². The number of amides is 2. The van der Waals surface area contributed by atoms with E-state index in [-0.39, 0.29) is 47.0 Å². The number of esters is 3. The minimum absolute atomic E-state index is 0.0219. The van der Waals surface area contributed by atoms with Crippen molar-refractivity contribution in [1.29, 1.82) is 0 Å². The third kappa shape index (κ3) is 4.44. The number of hydrogen-bond acceptors (Lipinski definition) is 11. The van der Waals surface area contributed by atoms with Crippen LogP contribution in [0.3, 0.4) is 0 Å². The lowest BCUT2D eigenvalue weighted by molar-refractivity contribution is -0.172. The van der Waals surface area contributed by atoms with Crippen molar-refractivity contribution in [3.8, 4) is 23.0 Å². The Morgan fingerprint density at radius 1 is 0.694 bits per heavy atom. The van der Waals surface area contributed by atoms with Gasteiger partial charge in [0, 0.05) is 55.2 Å². The topological polar surface area (TPSA) is 152 Å². The summed E-state index contributed by atoms with van der Waals surface area (Å²) >= 11 is 0. The van der Waals surface area contributed by atoms with Gasteiger partial charge in [-0.05, 0) is 22.9 Å². The normalized spacial score (nSPS) is 15.4. The molecule has 1 saturated heterocycles. The predicted molar refractivity (Wildman–Crippen MR) is 169 cm³/mol. The lowest BCUT2D eigenvalue weighted by atomic mass is 9.74. The largest absolute Gasteiger partial charge is 0.456 e. The number of nitrogens with zero attached hydrogens (tertiary/aromatic N) is 1. The maximum Gasteiger partial charge on any atom is 0.363 e. The van der Waals surface area contributed by atoms with Crippen LogP contribution >= 0.6 is 0 Å². The summed E-state index contributed by atoms with van der Waals surface area (Å²) in [6.45, 7) is 2.55. The van der Waals surface area contributed by atoms with Gasteiger partial charge in [0.1, 0.15) is 23.0 Å². The molecule has 0 N–H and O–H groups in total. The Hall–Kier alpha value is -6.56. The van der Waals surface area contributed by atoms with Gasteiger partial charge in [0.15, 0.2) is 5.60 Å². The summed E-state index contributed by atoms with van der Waals surface area (Å²) in [5, 5.41) is 2.59. The molecular formula is C37H23NO11. The zero-order valence-electron chi connectivity index (χ0n) is 25.9. The second kappa shape index (κ2) is 10.7. The summed E-state index contributed by atoms with van der Waals surface area (Å²) in [6.07, 6.45) is -0.154. The molecule has 3 heterocycles. The van der Waals surface area contributed by atoms with Gasteiger partial charge in [-0.15, -0.1) is 5.06 Å². The van der Waals surface area contributed by atoms with Crippen molar-refractivity contribution in [2.45, 2.75) is 32.3 Å². The molecule has 0 aromatic heterocycles.